The molecular weight excluding hydrogens is 176 g/mol. The zero-order valence-electron chi connectivity index (χ0n) is 9.79. The van der Waals surface area contributed by atoms with E-state index in [9.17, 15) is 0 Å². The largest absolute Gasteiger partial charge is 0.359 e. The van der Waals surface area contributed by atoms with E-state index >= 15 is 0 Å². The van der Waals surface area contributed by atoms with Crippen molar-refractivity contribution < 1.29 is 9.47 Å². The van der Waals surface area contributed by atoms with Crippen LogP contribution in [0.4, 0.5) is 0 Å². The van der Waals surface area contributed by atoms with Gasteiger partial charge in [-0.25, -0.2) is 0 Å². The van der Waals surface area contributed by atoms with Gasteiger partial charge in [-0.05, 0) is 6.42 Å². The molecule has 14 heavy (non-hydrogen) atoms. The first kappa shape index (κ1) is 13.7. The molecule has 0 unspecified atom stereocenters. The van der Waals surface area contributed by atoms with Crippen LogP contribution in [0.25, 0.3) is 0 Å². The molecule has 0 fully saturated rings. The van der Waals surface area contributed by atoms with Gasteiger partial charge in [-0.3, -0.25) is 0 Å². The van der Waals surface area contributed by atoms with Crippen LogP contribution in [0.3, 0.4) is 0 Å². The Morgan fingerprint density at radius 1 is 1.36 bits per heavy atom. The molecule has 0 aromatic rings. The number of hydrogen-bond donors (Lipinski definition) is 0. The Hall–Kier alpha value is -0.340. The van der Waals surface area contributed by atoms with E-state index in [0.717, 1.165) is 6.42 Å². The van der Waals surface area contributed by atoms with Crippen LogP contribution in [0, 0.1) is 5.92 Å². The molecule has 2 nitrogen and oxygen atoms in total. The Morgan fingerprint density at radius 2 is 2.07 bits per heavy atom. The van der Waals surface area contributed by atoms with Gasteiger partial charge in [0.1, 0.15) is 6.79 Å². The smallest absolute Gasteiger partial charge is 0.146 e. The van der Waals surface area contributed by atoms with E-state index in [-0.39, 0.29) is 6.10 Å². The summed E-state index contributed by atoms with van der Waals surface area (Å²) < 4.78 is 10.5. The summed E-state index contributed by atoms with van der Waals surface area (Å²) in [6.07, 6.45) is 7.06. The molecule has 0 aromatic carbocycles. The molecule has 84 valence electrons. The van der Waals surface area contributed by atoms with Gasteiger partial charge in [-0.2, -0.15) is 0 Å². The number of methoxy groups -OCH3 is 1. The first-order valence-electron chi connectivity index (χ1n) is 5.49. The minimum atomic E-state index is 0.263. The number of rotatable bonds is 9. The SMILES string of the molecule is C=C[C@@H](C)[C@@H](CCCCC)OCOC. The second kappa shape index (κ2) is 9.22. The molecule has 0 heterocycles. The van der Waals surface area contributed by atoms with Crippen LogP contribution in [-0.4, -0.2) is 20.0 Å². The highest BCUT2D eigenvalue weighted by Crippen LogP contribution is 2.16. The number of hydrogen-bond acceptors (Lipinski definition) is 2. The second-order valence-electron chi connectivity index (χ2n) is 3.70. The molecular formula is C12H24O2. The highest BCUT2D eigenvalue weighted by molar-refractivity contribution is 4.81. The van der Waals surface area contributed by atoms with E-state index in [2.05, 4.69) is 20.4 Å². The zero-order valence-corrected chi connectivity index (χ0v) is 9.79. The van der Waals surface area contributed by atoms with Gasteiger partial charge in [-0.15, -0.1) is 6.58 Å². The summed E-state index contributed by atoms with van der Waals surface area (Å²) in [4.78, 5) is 0. The maximum absolute atomic E-state index is 5.60. The fraction of sp³-hybridized carbons (Fsp3) is 0.833. The summed E-state index contributed by atoms with van der Waals surface area (Å²) in [5.41, 5.74) is 0. The molecule has 0 N–H and O–H groups in total. The third-order valence-electron chi connectivity index (χ3n) is 2.45. The predicted octanol–water partition coefficient (Wildman–Crippen LogP) is 3.38. The third kappa shape index (κ3) is 6.17. The maximum Gasteiger partial charge on any atom is 0.146 e. The summed E-state index contributed by atoms with van der Waals surface area (Å²) >= 11 is 0. The van der Waals surface area contributed by atoms with Gasteiger partial charge in [-0.1, -0.05) is 39.2 Å². The predicted molar refractivity (Wildman–Crippen MR) is 60.3 cm³/mol. The molecule has 0 aliphatic heterocycles. The van der Waals surface area contributed by atoms with Crippen molar-refractivity contribution >= 4 is 0 Å². The quantitative estimate of drug-likeness (QED) is 0.323. The maximum atomic E-state index is 5.60. The lowest BCUT2D eigenvalue weighted by Gasteiger charge is -2.21. The van der Waals surface area contributed by atoms with E-state index in [4.69, 9.17) is 9.47 Å². The van der Waals surface area contributed by atoms with Crippen LogP contribution in [0.5, 0.6) is 0 Å². The Balaban J connectivity index is 3.77. The van der Waals surface area contributed by atoms with Crippen LogP contribution in [0.2, 0.25) is 0 Å². The van der Waals surface area contributed by atoms with E-state index in [1.54, 1.807) is 7.11 Å². The van der Waals surface area contributed by atoms with E-state index in [1.807, 2.05) is 6.08 Å². The van der Waals surface area contributed by atoms with Gasteiger partial charge >= 0.3 is 0 Å². The van der Waals surface area contributed by atoms with E-state index in [1.165, 1.54) is 19.3 Å². The monoisotopic (exact) mass is 200 g/mol. The minimum absolute atomic E-state index is 0.263. The van der Waals surface area contributed by atoms with E-state index in [0.29, 0.717) is 12.7 Å². The molecule has 0 amide bonds. The summed E-state index contributed by atoms with van der Waals surface area (Å²) in [6.45, 7) is 8.53. The first-order valence-corrected chi connectivity index (χ1v) is 5.49. The van der Waals surface area contributed by atoms with Gasteiger partial charge in [0.25, 0.3) is 0 Å². The van der Waals surface area contributed by atoms with Gasteiger partial charge in [0.05, 0.1) is 6.10 Å². The molecule has 0 aliphatic carbocycles. The Morgan fingerprint density at radius 3 is 2.57 bits per heavy atom. The fourth-order valence-corrected chi connectivity index (χ4v) is 1.40. The lowest BCUT2D eigenvalue weighted by atomic mass is 9.99. The average molecular weight is 200 g/mol. The minimum Gasteiger partial charge on any atom is -0.359 e. The molecule has 0 saturated heterocycles. The van der Waals surface area contributed by atoms with Crippen LogP contribution >= 0.6 is 0 Å². The van der Waals surface area contributed by atoms with Gasteiger partial charge in [0, 0.05) is 13.0 Å². The molecule has 0 aliphatic rings. The standard InChI is InChI=1S/C12H24O2/c1-5-7-8-9-12(11(3)6-2)14-10-13-4/h6,11-12H,2,5,7-10H2,1,3-4H3/t11-,12-/m1/s1. The van der Waals surface area contributed by atoms with Crippen molar-refractivity contribution in [2.24, 2.45) is 5.92 Å². The Bertz CT molecular complexity index is 134. The first-order chi connectivity index (χ1) is 6.76. The lowest BCUT2D eigenvalue weighted by molar-refractivity contribution is -0.0859. The van der Waals surface area contributed by atoms with Crippen LogP contribution in [0.1, 0.15) is 39.5 Å². The highest BCUT2D eigenvalue weighted by Gasteiger charge is 2.14. The molecule has 0 aromatic heterocycles. The van der Waals surface area contributed by atoms with Crippen molar-refractivity contribution in [1.82, 2.24) is 0 Å². The zero-order chi connectivity index (χ0) is 10.8. The van der Waals surface area contributed by atoms with Crippen molar-refractivity contribution in [3.05, 3.63) is 12.7 Å². The van der Waals surface area contributed by atoms with Crippen molar-refractivity contribution in [1.29, 1.82) is 0 Å². The molecule has 0 saturated carbocycles. The van der Waals surface area contributed by atoms with Crippen molar-refractivity contribution in [3.63, 3.8) is 0 Å². The normalized spacial score (nSPS) is 15.1. The number of ether oxygens (including phenoxy) is 2. The summed E-state index contributed by atoms with van der Waals surface area (Å²) in [5.74, 6) is 0.405. The lowest BCUT2D eigenvalue weighted by Crippen LogP contribution is -2.21. The van der Waals surface area contributed by atoms with Gasteiger partial charge in [0.15, 0.2) is 0 Å². The van der Waals surface area contributed by atoms with Gasteiger partial charge in [0.2, 0.25) is 0 Å². The van der Waals surface area contributed by atoms with Crippen molar-refractivity contribution in [2.75, 3.05) is 13.9 Å². The third-order valence-corrected chi connectivity index (χ3v) is 2.45. The molecule has 0 bridgehead atoms. The molecule has 0 radical (unpaired) electrons. The second-order valence-corrected chi connectivity index (χ2v) is 3.70. The topological polar surface area (TPSA) is 18.5 Å². The molecule has 2 atom stereocenters. The van der Waals surface area contributed by atoms with Crippen molar-refractivity contribution in [2.45, 2.75) is 45.6 Å². The summed E-state index contributed by atoms with van der Waals surface area (Å²) in [6, 6.07) is 0. The fourth-order valence-electron chi connectivity index (χ4n) is 1.40. The summed E-state index contributed by atoms with van der Waals surface area (Å²) in [7, 11) is 1.65. The van der Waals surface area contributed by atoms with Crippen LogP contribution < -0.4 is 0 Å². The number of unbranched alkanes of at least 4 members (excludes halogenated alkanes) is 2. The van der Waals surface area contributed by atoms with Crippen LogP contribution in [-0.2, 0) is 9.47 Å². The average Bonchev–Trinajstić information content (AvgIpc) is 2.22. The molecule has 2 heteroatoms. The molecule has 0 rings (SSSR count). The Labute approximate surface area is 88.3 Å². The Kier molecular flexibility index (Phi) is 9.00. The van der Waals surface area contributed by atoms with E-state index < -0.39 is 0 Å². The van der Waals surface area contributed by atoms with Crippen molar-refractivity contribution in [3.8, 4) is 0 Å². The van der Waals surface area contributed by atoms with Gasteiger partial charge < -0.3 is 9.47 Å². The molecule has 0 spiro atoms. The summed E-state index contributed by atoms with van der Waals surface area (Å²) in [5, 5.41) is 0. The van der Waals surface area contributed by atoms with Crippen LogP contribution in [0.15, 0.2) is 12.7 Å². The highest BCUT2D eigenvalue weighted by atomic mass is 16.7.